The number of rotatable bonds is 4. The molecule has 1 N–H and O–H groups in total. The number of carbonyl (C=O) groups excluding carboxylic acids is 1. The largest absolute Gasteiger partial charge is 0.356 e. The van der Waals surface area contributed by atoms with E-state index < -0.39 is 0 Å². The third kappa shape index (κ3) is 4.31. The number of benzene rings is 1. The molecule has 0 bridgehead atoms. The molecular formula is C17H27N3O. The van der Waals surface area contributed by atoms with E-state index in [4.69, 9.17) is 5.10 Å². The summed E-state index contributed by atoms with van der Waals surface area (Å²) in [6.07, 6.45) is 0.763. The van der Waals surface area contributed by atoms with Crippen molar-refractivity contribution in [2.75, 3.05) is 6.54 Å². The van der Waals surface area contributed by atoms with Gasteiger partial charge in [0, 0.05) is 31.3 Å². The zero-order valence-corrected chi connectivity index (χ0v) is 14.0. The zero-order valence-electron chi connectivity index (χ0n) is 14.0. The molecule has 0 aliphatic heterocycles. The van der Waals surface area contributed by atoms with Crippen molar-refractivity contribution in [3.05, 3.63) is 29.5 Å². The molecule has 2 aromatic rings. The lowest BCUT2D eigenvalue weighted by atomic mass is 10.1. The third-order valence-electron chi connectivity index (χ3n) is 3.16. The molecule has 0 saturated heterocycles. The molecule has 0 radical (unpaired) electrons. The van der Waals surface area contributed by atoms with Crippen molar-refractivity contribution in [1.29, 1.82) is 0 Å². The zero-order chi connectivity index (χ0) is 16.0. The Morgan fingerprint density at radius 1 is 1.33 bits per heavy atom. The molecule has 0 atom stereocenters. The number of aromatic nitrogens is 2. The van der Waals surface area contributed by atoms with Crippen LogP contribution in [0.5, 0.6) is 0 Å². The Balaban J connectivity index is 0.00000106. The Morgan fingerprint density at radius 3 is 2.57 bits per heavy atom. The van der Waals surface area contributed by atoms with Crippen LogP contribution in [0.3, 0.4) is 0 Å². The smallest absolute Gasteiger partial charge is 0.216 e. The van der Waals surface area contributed by atoms with Gasteiger partial charge in [0.2, 0.25) is 5.91 Å². The highest BCUT2D eigenvalue weighted by Gasteiger charge is 2.12. The predicted octanol–water partition coefficient (Wildman–Crippen LogP) is 3.63. The van der Waals surface area contributed by atoms with Crippen molar-refractivity contribution in [2.45, 2.75) is 54.0 Å². The molecule has 1 amide bonds. The molecule has 21 heavy (non-hydrogen) atoms. The second-order valence-electron chi connectivity index (χ2n) is 5.24. The molecule has 0 unspecified atom stereocenters. The Morgan fingerprint density at radius 2 is 2.00 bits per heavy atom. The van der Waals surface area contributed by atoms with Crippen LogP contribution < -0.4 is 5.32 Å². The maximum atomic E-state index is 10.9. The van der Waals surface area contributed by atoms with E-state index in [1.165, 1.54) is 23.4 Å². The van der Waals surface area contributed by atoms with Crippen LogP contribution in [0.25, 0.3) is 10.9 Å². The van der Waals surface area contributed by atoms with E-state index in [0.717, 1.165) is 12.1 Å². The van der Waals surface area contributed by atoms with Gasteiger partial charge in [0.05, 0.1) is 11.2 Å². The maximum absolute atomic E-state index is 10.9. The second kappa shape index (κ2) is 7.81. The van der Waals surface area contributed by atoms with E-state index in [1.807, 2.05) is 13.8 Å². The van der Waals surface area contributed by atoms with Crippen LogP contribution in [0.2, 0.25) is 0 Å². The summed E-state index contributed by atoms with van der Waals surface area (Å²) >= 11 is 0. The van der Waals surface area contributed by atoms with Gasteiger partial charge >= 0.3 is 0 Å². The minimum atomic E-state index is 0.00319. The van der Waals surface area contributed by atoms with Gasteiger partial charge < -0.3 is 5.32 Å². The summed E-state index contributed by atoms with van der Waals surface area (Å²) < 4.78 is 2.06. The molecule has 0 aliphatic carbocycles. The van der Waals surface area contributed by atoms with Crippen LogP contribution in [0.4, 0.5) is 0 Å². The monoisotopic (exact) mass is 289 g/mol. The molecular weight excluding hydrogens is 262 g/mol. The molecule has 116 valence electrons. The van der Waals surface area contributed by atoms with Gasteiger partial charge in [-0.3, -0.25) is 9.48 Å². The highest BCUT2D eigenvalue weighted by Crippen LogP contribution is 2.23. The summed E-state index contributed by atoms with van der Waals surface area (Å²) in [7, 11) is 0. The molecule has 1 heterocycles. The standard InChI is InChI=1S/C15H21N3O.C2H6/c1-10(2)18-15-9-11(3)5-6-13(15)14(17-18)7-8-16-12(4)19;1-2/h5-6,9-10H,7-8H2,1-4H3,(H,16,19);1-2H3. The molecule has 2 rings (SSSR count). The lowest BCUT2D eigenvalue weighted by molar-refractivity contribution is -0.118. The Kier molecular flexibility index (Phi) is 6.40. The first-order valence-electron chi connectivity index (χ1n) is 7.71. The van der Waals surface area contributed by atoms with Gasteiger partial charge in [-0.25, -0.2) is 0 Å². The van der Waals surface area contributed by atoms with Gasteiger partial charge in [0.25, 0.3) is 0 Å². The number of amides is 1. The summed E-state index contributed by atoms with van der Waals surface area (Å²) in [6.45, 7) is 12.5. The van der Waals surface area contributed by atoms with E-state index in [2.05, 4.69) is 49.0 Å². The Hall–Kier alpha value is -1.84. The fourth-order valence-corrected chi connectivity index (χ4v) is 2.25. The van der Waals surface area contributed by atoms with Gasteiger partial charge in [-0.15, -0.1) is 0 Å². The van der Waals surface area contributed by atoms with Crippen molar-refractivity contribution in [3.63, 3.8) is 0 Å². The first kappa shape index (κ1) is 17.2. The van der Waals surface area contributed by atoms with E-state index in [1.54, 1.807) is 0 Å². The van der Waals surface area contributed by atoms with Crippen molar-refractivity contribution in [2.24, 2.45) is 0 Å². The topological polar surface area (TPSA) is 46.9 Å². The number of hydrogen-bond donors (Lipinski definition) is 1. The van der Waals surface area contributed by atoms with Crippen LogP contribution in [0.1, 0.15) is 51.9 Å². The highest BCUT2D eigenvalue weighted by molar-refractivity contribution is 5.83. The van der Waals surface area contributed by atoms with E-state index in [0.29, 0.717) is 12.6 Å². The van der Waals surface area contributed by atoms with Gasteiger partial charge in [-0.2, -0.15) is 5.10 Å². The second-order valence-corrected chi connectivity index (χ2v) is 5.24. The summed E-state index contributed by atoms with van der Waals surface area (Å²) in [4.78, 5) is 10.9. The Labute approximate surface area is 127 Å². The van der Waals surface area contributed by atoms with Crippen molar-refractivity contribution < 1.29 is 4.79 Å². The molecule has 4 heteroatoms. The summed E-state index contributed by atoms with van der Waals surface area (Å²) in [5.74, 6) is 0.00319. The van der Waals surface area contributed by atoms with Gasteiger partial charge in [0.15, 0.2) is 0 Å². The van der Waals surface area contributed by atoms with E-state index in [-0.39, 0.29) is 5.91 Å². The van der Waals surface area contributed by atoms with Crippen LogP contribution in [-0.4, -0.2) is 22.2 Å². The van der Waals surface area contributed by atoms with Gasteiger partial charge in [0.1, 0.15) is 0 Å². The van der Waals surface area contributed by atoms with Crippen LogP contribution in [0.15, 0.2) is 18.2 Å². The number of nitrogens with one attached hydrogen (secondary N) is 1. The van der Waals surface area contributed by atoms with Crippen molar-refractivity contribution >= 4 is 16.8 Å². The third-order valence-corrected chi connectivity index (χ3v) is 3.16. The molecule has 0 saturated carbocycles. The van der Waals surface area contributed by atoms with Crippen molar-refractivity contribution in [1.82, 2.24) is 15.1 Å². The van der Waals surface area contributed by atoms with Crippen molar-refractivity contribution in [3.8, 4) is 0 Å². The number of hydrogen-bond acceptors (Lipinski definition) is 2. The molecule has 0 fully saturated rings. The van der Waals surface area contributed by atoms with Crippen LogP contribution in [-0.2, 0) is 11.2 Å². The quantitative estimate of drug-likeness (QED) is 0.934. The maximum Gasteiger partial charge on any atom is 0.216 e. The summed E-state index contributed by atoms with van der Waals surface area (Å²) in [5, 5.41) is 8.70. The average molecular weight is 289 g/mol. The first-order chi connectivity index (χ1) is 9.99. The lowest BCUT2D eigenvalue weighted by Gasteiger charge is -2.07. The van der Waals surface area contributed by atoms with Crippen LogP contribution >= 0.6 is 0 Å². The molecule has 4 nitrogen and oxygen atoms in total. The number of fused-ring (bicyclic) bond motifs is 1. The minimum Gasteiger partial charge on any atom is -0.356 e. The molecule has 1 aromatic carbocycles. The number of nitrogens with zero attached hydrogens (tertiary/aromatic N) is 2. The van der Waals surface area contributed by atoms with E-state index in [9.17, 15) is 4.79 Å². The molecule has 0 spiro atoms. The van der Waals surface area contributed by atoms with Gasteiger partial charge in [-0.05, 0) is 32.4 Å². The first-order valence-corrected chi connectivity index (χ1v) is 7.71. The Bertz CT molecular complexity index is 599. The summed E-state index contributed by atoms with van der Waals surface area (Å²) in [6, 6.07) is 6.74. The number of aryl methyl sites for hydroxylation is 1. The lowest BCUT2D eigenvalue weighted by Crippen LogP contribution is -2.22. The average Bonchev–Trinajstić information content (AvgIpc) is 2.79. The minimum absolute atomic E-state index is 0.00319. The van der Waals surface area contributed by atoms with Gasteiger partial charge in [-0.1, -0.05) is 26.0 Å². The fraction of sp³-hybridized carbons (Fsp3) is 0.529. The SMILES string of the molecule is CC.CC(=O)NCCc1nn(C(C)C)c2cc(C)ccc12. The number of carbonyl (C=O) groups is 1. The normalized spacial score (nSPS) is 10.4. The molecule has 0 aliphatic rings. The highest BCUT2D eigenvalue weighted by atomic mass is 16.1. The predicted molar refractivity (Wildman–Crippen MR) is 88.6 cm³/mol. The summed E-state index contributed by atoms with van der Waals surface area (Å²) in [5.41, 5.74) is 3.47. The fourth-order valence-electron chi connectivity index (χ4n) is 2.25. The van der Waals surface area contributed by atoms with E-state index >= 15 is 0 Å². The van der Waals surface area contributed by atoms with Crippen LogP contribution in [0, 0.1) is 6.92 Å². The molecule has 1 aromatic heterocycles.